The van der Waals surface area contributed by atoms with Crippen molar-refractivity contribution >= 4 is 12.0 Å². The van der Waals surface area contributed by atoms with Crippen molar-refractivity contribution in [3.63, 3.8) is 0 Å². The van der Waals surface area contributed by atoms with Gasteiger partial charge in [-0.3, -0.25) is 9.36 Å². The van der Waals surface area contributed by atoms with E-state index in [-0.39, 0.29) is 18.2 Å². The van der Waals surface area contributed by atoms with Crippen LogP contribution in [0.1, 0.15) is 43.7 Å². The molecule has 1 atom stereocenters. The van der Waals surface area contributed by atoms with Crippen LogP contribution in [0.3, 0.4) is 0 Å². The third-order valence-corrected chi connectivity index (χ3v) is 3.74. The van der Waals surface area contributed by atoms with Crippen molar-refractivity contribution in [3.05, 3.63) is 17.2 Å². The summed E-state index contributed by atoms with van der Waals surface area (Å²) in [4.78, 5) is 10.4. The lowest BCUT2D eigenvalue weighted by molar-refractivity contribution is -0.137. The van der Waals surface area contributed by atoms with Crippen molar-refractivity contribution in [2.45, 2.75) is 45.6 Å². The van der Waals surface area contributed by atoms with Gasteiger partial charge in [-0.2, -0.15) is 0 Å². The lowest BCUT2D eigenvalue weighted by Gasteiger charge is -2.11. The Hall–Kier alpha value is -1.91. The number of allylic oxidation sites excluding steroid dienone is 1. The van der Waals surface area contributed by atoms with E-state index < -0.39 is 5.97 Å². The van der Waals surface area contributed by atoms with E-state index in [9.17, 15) is 15.0 Å². The van der Waals surface area contributed by atoms with E-state index in [1.54, 1.807) is 0 Å². The van der Waals surface area contributed by atoms with Crippen molar-refractivity contribution in [2.75, 3.05) is 0 Å². The van der Waals surface area contributed by atoms with E-state index in [0.29, 0.717) is 24.4 Å². The van der Waals surface area contributed by atoms with Gasteiger partial charge in [0.15, 0.2) is 5.88 Å². The fourth-order valence-electron chi connectivity index (χ4n) is 2.63. The molecule has 110 valence electrons. The number of fused-ring (bicyclic) bond motifs is 1. The SMILES string of the molecule is CC1C=Cc2c(c(O)n(CCCCCC(=O)O)c2O)C1. The molecule has 0 saturated carbocycles. The first kappa shape index (κ1) is 14.5. The molecule has 3 N–H and O–H groups in total. The minimum atomic E-state index is -0.786. The first-order valence-electron chi connectivity index (χ1n) is 7.04. The average Bonchev–Trinajstić information content (AvgIpc) is 2.62. The molecule has 1 aliphatic rings. The van der Waals surface area contributed by atoms with Crippen LogP contribution in [0.2, 0.25) is 0 Å². The van der Waals surface area contributed by atoms with E-state index in [0.717, 1.165) is 24.8 Å². The molecule has 20 heavy (non-hydrogen) atoms. The Balaban J connectivity index is 1.99. The molecule has 0 amide bonds. The number of rotatable bonds is 6. The maximum Gasteiger partial charge on any atom is 0.303 e. The van der Waals surface area contributed by atoms with Gasteiger partial charge in [0.05, 0.1) is 0 Å². The van der Waals surface area contributed by atoms with Crippen LogP contribution in [0.4, 0.5) is 0 Å². The normalized spacial score (nSPS) is 17.1. The molecule has 0 aromatic carbocycles. The van der Waals surface area contributed by atoms with E-state index in [1.807, 2.05) is 12.2 Å². The maximum absolute atomic E-state index is 10.4. The zero-order chi connectivity index (χ0) is 14.7. The number of carbonyl (C=O) groups is 1. The second-order valence-corrected chi connectivity index (χ2v) is 5.44. The summed E-state index contributed by atoms with van der Waals surface area (Å²) in [6.45, 7) is 2.58. The van der Waals surface area contributed by atoms with Crippen molar-refractivity contribution in [1.82, 2.24) is 4.57 Å². The lowest BCUT2D eigenvalue weighted by atomic mass is 9.93. The van der Waals surface area contributed by atoms with E-state index in [2.05, 4.69) is 6.92 Å². The van der Waals surface area contributed by atoms with Crippen molar-refractivity contribution in [2.24, 2.45) is 5.92 Å². The van der Waals surface area contributed by atoms with Gasteiger partial charge in [0.25, 0.3) is 0 Å². The van der Waals surface area contributed by atoms with Crippen molar-refractivity contribution in [3.8, 4) is 11.8 Å². The Kier molecular flexibility index (Phi) is 4.37. The van der Waals surface area contributed by atoms with Crippen LogP contribution < -0.4 is 0 Å². The number of carboxylic acid groups (broad SMARTS) is 1. The quantitative estimate of drug-likeness (QED) is 0.699. The van der Waals surface area contributed by atoms with Gasteiger partial charge in [-0.15, -0.1) is 0 Å². The minimum Gasteiger partial charge on any atom is -0.494 e. The fraction of sp³-hybridized carbons (Fsp3) is 0.533. The number of aromatic nitrogens is 1. The molecule has 5 heteroatoms. The largest absolute Gasteiger partial charge is 0.494 e. The summed E-state index contributed by atoms with van der Waals surface area (Å²) in [7, 11) is 0. The summed E-state index contributed by atoms with van der Waals surface area (Å²) < 4.78 is 1.52. The van der Waals surface area contributed by atoms with Gasteiger partial charge in [-0.1, -0.05) is 25.5 Å². The number of aromatic hydroxyl groups is 2. The molecule has 2 rings (SSSR count). The molecule has 5 nitrogen and oxygen atoms in total. The van der Waals surface area contributed by atoms with Gasteiger partial charge >= 0.3 is 5.97 Å². The fourth-order valence-corrected chi connectivity index (χ4v) is 2.63. The Morgan fingerprint density at radius 3 is 2.75 bits per heavy atom. The van der Waals surface area contributed by atoms with Gasteiger partial charge in [-0.25, -0.2) is 0 Å². The maximum atomic E-state index is 10.4. The van der Waals surface area contributed by atoms with Gasteiger partial charge in [0, 0.05) is 24.1 Å². The molecule has 1 aromatic rings. The summed E-state index contributed by atoms with van der Waals surface area (Å²) in [5.41, 5.74) is 1.52. The molecule has 1 heterocycles. The summed E-state index contributed by atoms with van der Waals surface area (Å²) in [5, 5.41) is 28.9. The number of aliphatic carboxylic acids is 1. The summed E-state index contributed by atoms with van der Waals surface area (Å²) in [5.74, 6) is -0.170. The molecule has 0 fully saturated rings. The summed E-state index contributed by atoms with van der Waals surface area (Å²) in [6, 6.07) is 0. The number of carboxylic acids is 1. The van der Waals surface area contributed by atoms with Crippen LogP contribution in [0, 0.1) is 5.92 Å². The smallest absolute Gasteiger partial charge is 0.303 e. The van der Waals surface area contributed by atoms with Crippen LogP contribution >= 0.6 is 0 Å². The van der Waals surface area contributed by atoms with Gasteiger partial charge in [0.2, 0.25) is 5.88 Å². The number of unbranched alkanes of at least 4 members (excludes halogenated alkanes) is 2. The van der Waals surface area contributed by atoms with Gasteiger partial charge in [-0.05, 0) is 25.2 Å². The Morgan fingerprint density at radius 2 is 2.05 bits per heavy atom. The number of hydrogen-bond donors (Lipinski definition) is 3. The van der Waals surface area contributed by atoms with Gasteiger partial charge in [0.1, 0.15) is 0 Å². The highest BCUT2D eigenvalue weighted by Gasteiger charge is 2.23. The van der Waals surface area contributed by atoms with Crippen LogP contribution in [-0.4, -0.2) is 25.9 Å². The molecular weight excluding hydrogens is 258 g/mol. The highest BCUT2D eigenvalue weighted by molar-refractivity contribution is 5.66. The molecule has 0 saturated heterocycles. The van der Waals surface area contributed by atoms with E-state index in [4.69, 9.17) is 5.11 Å². The average molecular weight is 279 g/mol. The highest BCUT2D eigenvalue weighted by atomic mass is 16.4. The molecule has 1 unspecified atom stereocenters. The monoisotopic (exact) mass is 279 g/mol. The molecule has 0 radical (unpaired) electrons. The standard InChI is InChI=1S/C15H21NO4/c1-10-6-7-11-12(9-10)15(20)16(14(11)19)8-4-2-3-5-13(17)18/h6-7,10,19-20H,2-5,8-9H2,1H3,(H,17,18). The van der Waals surface area contributed by atoms with Crippen LogP contribution in [0.5, 0.6) is 11.8 Å². The topological polar surface area (TPSA) is 82.7 Å². The predicted molar refractivity (Wildman–Crippen MR) is 75.8 cm³/mol. The van der Waals surface area contributed by atoms with Crippen LogP contribution in [0.25, 0.3) is 6.08 Å². The Bertz CT molecular complexity index is 530. The third kappa shape index (κ3) is 2.98. The molecule has 0 bridgehead atoms. The second-order valence-electron chi connectivity index (χ2n) is 5.44. The zero-order valence-corrected chi connectivity index (χ0v) is 11.7. The van der Waals surface area contributed by atoms with Crippen molar-refractivity contribution in [1.29, 1.82) is 0 Å². The molecule has 0 spiro atoms. The Labute approximate surface area is 118 Å². The highest BCUT2D eigenvalue weighted by Crippen LogP contribution is 2.39. The molecular formula is C15H21NO4. The Morgan fingerprint density at radius 1 is 1.30 bits per heavy atom. The first-order chi connectivity index (χ1) is 9.50. The molecule has 1 aliphatic carbocycles. The number of nitrogens with zero attached hydrogens (tertiary/aromatic N) is 1. The van der Waals surface area contributed by atoms with E-state index >= 15 is 0 Å². The number of hydrogen-bond acceptors (Lipinski definition) is 3. The minimum absolute atomic E-state index is 0.110. The molecule has 0 aliphatic heterocycles. The third-order valence-electron chi connectivity index (χ3n) is 3.74. The predicted octanol–water partition coefficient (Wildman–Crippen LogP) is 2.75. The lowest BCUT2D eigenvalue weighted by Crippen LogP contribution is -2.01. The van der Waals surface area contributed by atoms with Crippen LogP contribution in [0.15, 0.2) is 6.08 Å². The molecule has 1 aromatic heterocycles. The van der Waals surface area contributed by atoms with Crippen molar-refractivity contribution < 1.29 is 20.1 Å². The summed E-state index contributed by atoms with van der Waals surface area (Å²) in [6.07, 6.45) is 6.91. The van der Waals surface area contributed by atoms with Gasteiger partial charge < -0.3 is 15.3 Å². The van der Waals surface area contributed by atoms with E-state index in [1.165, 1.54) is 4.57 Å². The second kappa shape index (κ2) is 6.03. The van der Waals surface area contributed by atoms with Crippen LogP contribution in [-0.2, 0) is 17.8 Å². The summed E-state index contributed by atoms with van der Waals surface area (Å²) >= 11 is 0. The first-order valence-corrected chi connectivity index (χ1v) is 7.04. The zero-order valence-electron chi connectivity index (χ0n) is 11.7.